The van der Waals surface area contributed by atoms with E-state index in [1.54, 1.807) is 28.4 Å². The Balaban J connectivity index is 1.85. The lowest BCUT2D eigenvalue weighted by Crippen LogP contribution is -2.48. The SMILES string of the molecule is COc1ccc([C@@H]2c3cc(OC)c(OC)cc3C[C@@H](C(=O)N3CCOCC3)[C@@H]2CO)cc1OC. The van der Waals surface area contributed by atoms with Crippen LogP contribution in [-0.2, 0) is 16.0 Å². The van der Waals surface area contributed by atoms with Crippen molar-refractivity contribution >= 4 is 5.91 Å². The molecule has 1 aliphatic carbocycles. The minimum atomic E-state index is -0.383. The van der Waals surface area contributed by atoms with E-state index in [1.807, 2.05) is 35.2 Å². The maximum absolute atomic E-state index is 13.7. The quantitative estimate of drug-likeness (QED) is 0.664. The number of carbonyl (C=O) groups excluding carboxylic acids is 1. The van der Waals surface area contributed by atoms with Crippen LogP contribution in [0.4, 0.5) is 0 Å². The molecular formula is C26H33NO7. The Hall–Kier alpha value is -2.97. The van der Waals surface area contributed by atoms with E-state index in [4.69, 9.17) is 23.7 Å². The second kappa shape index (κ2) is 10.5. The molecule has 1 heterocycles. The summed E-state index contributed by atoms with van der Waals surface area (Å²) >= 11 is 0. The first-order valence-corrected chi connectivity index (χ1v) is 11.5. The van der Waals surface area contributed by atoms with Gasteiger partial charge in [-0.2, -0.15) is 0 Å². The molecule has 8 nitrogen and oxygen atoms in total. The summed E-state index contributed by atoms with van der Waals surface area (Å²) < 4.78 is 27.6. The van der Waals surface area contributed by atoms with Gasteiger partial charge in [-0.15, -0.1) is 0 Å². The van der Waals surface area contributed by atoms with Gasteiger partial charge in [-0.3, -0.25) is 4.79 Å². The van der Waals surface area contributed by atoms with Gasteiger partial charge in [0, 0.05) is 37.5 Å². The lowest BCUT2D eigenvalue weighted by molar-refractivity contribution is -0.142. The highest BCUT2D eigenvalue weighted by Gasteiger charge is 2.43. The maximum atomic E-state index is 13.7. The number of morpholine rings is 1. The Morgan fingerprint density at radius 2 is 1.56 bits per heavy atom. The predicted molar refractivity (Wildman–Crippen MR) is 126 cm³/mol. The molecule has 0 bridgehead atoms. The first-order chi connectivity index (χ1) is 16.6. The van der Waals surface area contributed by atoms with E-state index >= 15 is 0 Å². The predicted octanol–water partition coefficient (Wildman–Crippen LogP) is 2.49. The molecule has 8 heteroatoms. The van der Waals surface area contributed by atoms with E-state index in [0.717, 1.165) is 16.7 Å². The molecule has 184 valence electrons. The van der Waals surface area contributed by atoms with Crippen molar-refractivity contribution in [2.75, 3.05) is 61.3 Å². The van der Waals surface area contributed by atoms with Crippen LogP contribution in [0.1, 0.15) is 22.6 Å². The molecule has 3 atom stereocenters. The number of methoxy groups -OCH3 is 4. The Morgan fingerprint density at radius 3 is 2.18 bits per heavy atom. The highest BCUT2D eigenvalue weighted by molar-refractivity contribution is 5.80. The maximum Gasteiger partial charge on any atom is 0.226 e. The van der Waals surface area contributed by atoms with Crippen LogP contribution in [0.2, 0.25) is 0 Å². The Morgan fingerprint density at radius 1 is 0.941 bits per heavy atom. The first kappa shape index (κ1) is 24.2. The minimum Gasteiger partial charge on any atom is -0.493 e. The molecule has 0 aromatic heterocycles. The normalized spacial score (nSPS) is 22.0. The van der Waals surface area contributed by atoms with Crippen LogP contribution >= 0.6 is 0 Å². The fourth-order valence-corrected chi connectivity index (χ4v) is 5.25. The average Bonchev–Trinajstić information content (AvgIpc) is 2.90. The highest BCUT2D eigenvalue weighted by Crippen LogP contribution is 2.48. The van der Waals surface area contributed by atoms with Gasteiger partial charge in [0.2, 0.25) is 5.91 Å². The molecule has 2 aliphatic rings. The number of aliphatic hydroxyl groups is 1. The molecule has 1 saturated heterocycles. The van der Waals surface area contributed by atoms with Crippen molar-refractivity contribution in [1.82, 2.24) is 4.90 Å². The summed E-state index contributed by atoms with van der Waals surface area (Å²) in [5, 5.41) is 10.6. The minimum absolute atomic E-state index is 0.0493. The Labute approximate surface area is 200 Å². The first-order valence-electron chi connectivity index (χ1n) is 11.5. The summed E-state index contributed by atoms with van der Waals surface area (Å²) in [6.45, 7) is 2.06. The van der Waals surface area contributed by atoms with Gasteiger partial charge >= 0.3 is 0 Å². The number of benzene rings is 2. The lowest BCUT2D eigenvalue weighted by Gasteiger charge is -2.41. The number of rotatable bonds is 7. The van der Waals surface area contributed by atoms with Crippen molar-refractivity contribution in [1.29, 1.82) is 0 Å². The van der Waals surface area contributed by atoms with E-state index in [1.165, 1.54) is 0 Å². The van der Waals surface area contributed by atoms with Crippen LogP contribution in [0.15, 0.2) is 30.3 Å². The third kappa shape index (κ3) is 4.40. The summed E-state index contributed by atoms with van der Waals surface area (Å²) in [5.74, 6) is 1.55. The second-order valence-corrected chi connectivity index (χ2v) is 8.59. The third-order valence-electron chi connectivity index (χ3n) is 6.98. The van der Waals surface area contributed by atoms with Crippen molar-refractivity contribution in [3.05, 3.63) is 47.0 Å². The van der Waals surface area contributed by atoms with Crippen molar-refractivity contribution in [3.8, 4) is 23.0 Å². The number of amides is 1. The molecule has 4 rings (SSSR count). The van der Waals surface area contributed by atoms with Gasteiger partial charge < -0.3 is 33.7 Å². The zero-order valence-corrected chi connectivity index (χ0v) is 20.2. The number of carbonyl (C=O) groups is 1. The van der Waals surface area contributed by atoms with Crippen LogP contribution in [0.5, 0.6) is 23.0 Å². The highest BCUT2D eigenvalue weighted by atomic mass is 16.5. The van der Waals surface area contributed by atoms with Gasteiger partial charge in [-0.1, -0.05) is 6.07 Å². The number of hydrogen-bond donors (Lipinski definition) is 1. The average molecular weight is 472 g/mol. The van der Waals surface area contributed by atoms with Gasteiger partial charge in [0.05, 0.1) is 41.7 Å². The summed E-state index contributed by atoms with van der Waals surface area (Å²) in [6, 6.07) is 9.67. The van der Waals surface area contributed by atoms with E-state index in [-0.39, 0.29) is 30.3 Å². The van der Waals surface area contributed by atoms with Gasteiger partial charge in [0.15, 0.2) is 23.0 Å². The van der Waals surface area contributed by atoms with E-state index in [0.29, 0.717) is 55.7 Å². The van der Waals surface area contributed by atoms with Crippen LogP contribution in [-0.4, -0.2) is 77.3 Å². The second-order valence-electron chi connectivity index (χ2n) is 8.59. The number of fused-ring (bicyclic) bond motifs is 1. The number of hydrogen-bond acceptors (Lipinski definition) is 7. The number of nitrogens with zero attached hydrogens (tertiary/aromatic N) is 1. The molecule has 1 aliphatic heterocycles. The van der Waals surface area contributed by atoms with E-state index in [2.05, 4.69) is 0 Å². The topological polar surface area (TPSA) is 86.7 Å². The molecule has 0 unspecified atom stereocenters. The van der Waals surface area contributed by atoms with E-state index < -0.39 is 0 Å². The Kier molecular flexibility index (Phi) is 7.48. The Bertz CT molecular complexity index is 1020. The fraction of sp³-hybridized carbons (Fsp3) is 0.500. The van der Waals surface area contributed by atoms with E-state index in [9.17, 15) is 9.90 Å². The van der Waals surface area contributed by atoms with Crippen molar-refractivity contribution < 1.29 is 33.6 Å². The summed E-state index contributed by atoms with van der Waals surface area (Å²) in [5.41, 5.74) is 2.95. The molecular weight excluding hydrogens is 438 g/mol. The molecule has 0 radical (unpaired) electrons. The molecule has 1 N–H and O–H groups in total. The molecule has 0 saturated carbocycles. The van der Waals surface area contributed by atoms with Crippen molar-refractivity contribution in [2.24, 2.45) is 11.8 Å². The lowest BCUT2D eigenvalue weighted by atomic mass is 9.66. The van der Waals surface area contributed by atoms with Gasteiger partial charge in [0.25, 0.3) is 0 Å². The van der Waals surface area contributed by atoms with Crippen LogP contribution in [0.3, 0.4) is 0 Å². The zero-order valence-electron chi connectivity index (χ0n) is 20.2. The van der Waals surface area contributed by atoms with Crippen molar-refractivity contribution in [2.45, 2.75) is 12.3 Å². The summed E-state index contributed by atoms with van der Waals surface area (Å²) in [4.78, 5) is 15.5. The fourth-order valence-electron chi connectivity index (χ4n) is 5.25. The monoisotopic (exact) mass is 471 g/mol. The zero-order chi connectivity index (χ0) is 24.2. The van der Waals surface area contributed by atoms with Gasteiger partial charge in [-0.25, -0.2) is 0 Å². The smallest absolute Gasteiger partial charge is 0.226 e. The van der Waals surface area contributed by atoms with Crippen molar-refractivity contribution in [3.63, 3.8) is 0 Å². The van der Waals surface area contributed by atoms with Crippen LogP contribution in [0.25, 0.3) is 0 Å². The standard InChI is InChI=1S/C26H33NO7/c1-30-21-6-5-16(12-22(21)31-2)25-18-14-24(33-4)23(32-3)13-17(18)11-19(20(25)15-28)26(29)27-7-9-34-10-8-27/h5-6,12-14,19-20,25,28H,7-11,15H2,1-4H3/t19-,20+,25-/m1/s1. The number of ether oxygens (including phenoxy) is 5. The third-order valence-corrected chi connectivity index (χ3v) is 6.98. The molecule has 1 amide bonds. The van der Waals surface area contributed by atoms with Crippen LogP contribution in [0, 0.1) is 11.8 Å². The molecule has 2 aromatic carbocycles. The summed E-state index contributed by atoms with van der Waals surface area (Å²) in [6.07, 6.45) is 0.515. The number of aliphatic hydroxyl groups excluding tert-OH is 1. The molecule has 0 spiro atoms. The largest absolute Gasteiger partial charge is 0.493 e. The van der Waals surface area contributed by atoms with Gasteiger partial charge in [-0.05, 0) is 47.4 Å². The molecule has 2 aromatic rings. The van der Waals surface area contributed by atoms with Gasteiger partial charge in [0.1, 0.15) is 0 Å². The molecule has 1 fully saturated rings. The molecule has 34 heavy (non-hydrogen) atoms. The van der Waals surface area contributed by atoms with Crippen LogP contribution < -0.4 is 18.9 Å². The summed E-state index contributed by atoms with van der Waals surface area (Å²) in [7, 11) is 6.40.